The Morgan fingerprint density at radius 3 is 1.62 bits per heavy atom. The molecule has 1 unspecified atom stereocenters. The zero-order chi connectivity index (χ0) is 25.9. The Labute approximate surface area is 219 Å². The van der Waals surface area contributed by atoms with Crippen molar-refractivity contribution in [3.05, 3.63) is 108 Å². The Hall–Kier alpha value is -2.58. The minimum Gasteiger partial charge on any atom is -0.394 e. The molecule has 37 heavy (non-hydrogen) atoms. The molecule has 6 nitrogen and oxygen atoms in total. The van der Waals surface area contributed by atoms with Crippen LogP contribution in [0.1, 0.15) is 42.9 Å². The lowest BCUT2D eigenvalue weighted by molar-refractivity contribution is -0.371. The second kappa shape index (κ2) is 13.8. The molecule has 0 saturated carbocycles. The van der Waals surface area contributed by atoms with Crippen molar-refractivity contribution < 1.29 is 29.2 Å². The van der Waals surface area contributed by atoms with E-state index in [1.165, 1.54) is 0 Å². The minimum atomic E-state index is -1.63. The van der Waals surface area contributed by atoms with E-state index in [1.807, 2.05) is 91.0 Å². The summed E-state index contributed by atoms with van der Waals surface area (Å²) in [5.74, 6) is -1.63. The van der Waals surface area contributed by atoms with Gasteiger partial charge in [-0.1, -0.05) is 104 Å². The van der Waals surface area contributed by atoms with Gasteiger partial charge in [0.2, 0.25) is 0 Å². The highest BCUT2D eigenvalue weighted by Gasteiger charge is 2.55. The van der Waals surface area contributed by atoms with Crippen LogP contribution in [0.2, 0.25) is 0 Å². The van der Waals surface area contributed by atoms with E-state index in [0.717, 1.165) is 29.5 Å². The maximum absolute atomic E-state index is 11.8. The lowest BCUT2D eigenvalue weighted by atomic mass is 9.88. The van der Waals surface area contributed by atoms with Gasteiger partial charge in [-0.05, 0) is 23.1 Å². The number of aliphatic hydroxyl groups excluding tert-OH is 1. The first-order valence-electron chi connectivity index (χ1n) is 13.1. The number of hydrogen-bond donors (Lipinski definition) is 2. The maximum atomic E-state index is 11.8. The normalized spacial score (nSPS) is 25.7. The van der Waals surface area contributed by atoms with E-state index in [9.17, 15) is 10.2 Å². The summed E-state index contributed by atoms with van der Waals surface area (Å²) in [6.07, 6.45) is -0.965. The largest absolute Gasteiger partial charge is 0.394 e. The molecule has 5 atom stereocenters. The summed E-state index contributed by atoms with van der Waals surface area (Å²) in [6, 6.07) is 29.5. The van der Waals surface area contributed by atoms with E-state index in [1.54, 1.807) is 0 Å². The zero-order valence-corrected chi connectivity index (χ0v) is 21.4. The lowest BCUT2D eigenvalue weighted by Crippen LogP contribution is -2.67. The Morgan fingerprint density at radius 2 is 1.16 bits per heavy atom. The van der Waals surface area contributed by atoms with Gasteiger partial charge in [-0.3, -0.25) is 0 Å². The van der Waals surface area contributed by atoms with Crippen molar-refractivity contribution in [2.24, 2.45) is 0 Å². The molecule has 1 aliphatic heterocycles. The van der Waals surface area contributed by atoms with Crippen molar-refractivity contribution in [3.63, 3.8) is 0 Å². The number of unbranched alkanes of at least 4 members (excludes halogenated alkanes) is 1. The van der Waals surface area contributed by atoms with Gasteiger partial charge in [-0.25, -0.2) is 0 Å². The van der Waals surface area contributed by atoms with E-state index in [0.29, 0.717) is 19.6 Å². The molecular weight excluding hydrogens is 468 g/mol. The lowest BCUT2D eigenvalue weighted by Gasteiger charge is -2.50. The van der Waals surface area contributed by atoms with Crippen LogP contribution in [0.15, 0.2) is 91.0 Å². The number of hydrogen-bond acceptors (Lipinski definition) is 6. The van der Waals surface area contributed by atoms with Gasteiger partial charge in [0.25, 0.3) is 0 Å². The summed E-state index contributed by atoms with van der Waals surface area (Å²) in [4.78, 5) is 0. The van der Waals surface area contributed by atoms with Gasteiger partial charge in [0.15, 0.2) is 5.79 Å². The van der Waals surface area contributed by atoms with Crippen molar-refractivity contribution >= 4 is 0 Å². The van der Waals surface area contributed by atoms with Crippen LogP contribution < -0.4 is 0 Å². The van der Waals surface area contributed by atoms with Crippen LogP contribution in [-0.2, 0) is 38.8 Å². The second-order valence-corrected chi connectivity index (χ2v) is 9.53. The molecule has 4 rings (SSSR count). The summed E-state index contributed by atoms with van der Waals surface area (Å²) >= 11 is 0. The number of aliphatic hydroxyl groups is 2. The Balaban J connectivity index is 1.63. The predicted octanol–water partition coefficient (Wildman–Crippen LogP) is 5.01. The molecule has 6 heteroatoms. The summed E-state index contributed by atoms with van der Waals surface area (Å²) in [5.41, 5.74) is 2.97. The fourth-order valence-corrected chi connectivity index (χ4v) is 4.71. The van der Waals surface area contributed by atoms with Crippen LogP contribution in [0.3, 0.4) is 0 Å². The molecule has 3 aromatic carbocycles. The third-order valence-corrected chi connectivity index (χ3v) is 6.70. The third-order valence-electron chi connectivity index (χ3n) is 6.70. The topological polar surface area (TPSA) is 77.4 Å². The molecule has 3 aromatic rings. The van der Waals surface area contributed by atoms with E-state index < -0.39 is 30.2 Å². The van der Waals surface area contributed by atoms with Crippen molar-refractivity contribution in [3.8, 4) is 0 Å². The molecule has 198 valence electrons. The van der Waals surface area contributed by atoms with Crippen molar-refractivity contribution in [1.82, 2.24) is 0 Å². The van der Waals surface area contributed by atoms with Crippen LogP contribution in [0.25, 0.3) is 0 Å². The van der Waals surface area contributed by atoms with Crippen LogP contribution in [0, 0.1) is 0 Å². The van der Waals surface area contributed by atoms with Crippen molar-refractivity contribution in [2.45, 2.75) is 76.2 Å². The summed E-state index contributed by atoms with van der Waals surface area (Å²) < 4.78 is 25.4. The predicted molar refractivity (Wildman–Crippen MR) is 141 cm³/mol. The molecular formula is C31H38O6. The quantitative estimate of drug-likeness (QED) is 0.339. The SMILES string of the molecule is CCCCC1(O)O[C@H](CO)[C@@H](OCc2ccccc2)[C@H](OCc2ccccc2)[C@H]1OCc1ccccc1. The highest BCUT2D eigenvalue weighted by atomic mass is 16.7. The standard InChI is InChI=1S/C31H38O6/c1-2-3-19-31(33)30(36-23-26-17-11-6-12-18-26)29(35-22-25-15-9-5-10-16-25)28(27(20-32)37-31)34-21-24-13-7-4-8-14-24/h4-18,27-30,32-33H,2-3,19-23H2,1H3/t27-,28-,29+,30-,31?/m1/s1. The molecule has 0 bridgehead atoms. The number of ether oxygens (including phenoxy) is 4. The molecule has 2 N–H and O–H groups in total. The van der Waals surface area contributed by atoms with Gasteiger partial charge in [-0.2, -0.15) is 0 Å². The Kier molecular flexibility index (Phi) is 10.3. The van der Waals surface area contributed by atoms with Gasteiger partial charge < -0.3 is 29.2 Å². The molecule has 1 fully saturated rings. The Morgan fingerprint density at radius 1 is 0.703 bits per heavy atom. The third kappa shape index (κ3) is 7.48. The molecule has 0 aromatic heterocycles. The van der Waals surface area contributed by atoms with E-state index in [-0.39, 0.29) is 13.2 Å². The highest BCUT2D eigenvalue weighted by molar-refractivity contribution is 5.16. The number of benzene rings is 3. The van der Waals surface area contributed by atoms with Crippen molar-refractivity contribution in [1.29, 1.82) is 0 Å². The summed E-state index contributed by atoms with van der Waals surface area (Å²) in [7, 11) is 0. The smallest absolute Gasteiger partial charge is 0.195 e. The van der Waals surface area contributed by atoms with E-state index >= 15 is 0 Å². The van der Waals surface area contributed by atoms with Gasteiger partial charge in [-0.15, -0.1) is 0 Å². The van der Waals surface area contributed by atoms with Crippen LogP contribution >= 0.6 is 0 Å². The number of rotatable bonds is 13. The van der Waals surface area contributed by atoms with Gasteiger partial charge in [0.1, 0.15) is 24.4 Å². The van der Waals surface area contributed by atoms with Crippen molar-refractivity contribution in [2.75, 3.05) is 6.61 Å². The minimum absolute atomic E-state index is 0.281. The molecule has 0 aliphatic carbocycles. The molecule has 1 aliphatic rings. The Bertz CT molecular complexity index is 1030. The summed E-state index contributed by atoms with van der Waals surface area (Å²) in [6.45, 7) is 2.65. The molecule has 1 heterocycles. The van der Waals surface area contributed by atoms with Crippen LogP contribution in [-0.4, -0.2) is 47.0 Å². The molecule has 0 amide bonds. The molecule has 1 saturated heterocycles. The van der Waals surface area contributed by atoms with Crippen LogP contribution in [0.4, 0.5) is 0 Å². The molecule has 0 radical (unpaired) electrons. The highest BCUT2D eigenvalue weighted by Crippen LogP contribution is 2.38. The zero-order valence-electron chi connectivity index (χ0n) is 21.4. The molecule has 0 spiro atoms. The average Bonchev–Trinajstić information content (AvgIpc) is 2.95. The van der Waals surface area contributed by atoms with Gasteiger partial charge in [0.05, 0.1) is 26.4 Å². The average molecular weight is 507 g/mol. The van der Waals surface area contributed by atoms with E-state index in [2.05, 4.69) is 6.92 Å². The maximum Gasteiger partial charge on any atom is 0.195 e. The second-order valence-electron chi connectivity index (χ2n) is 9.53. The first-order chi connectivity index (χ1) is 18.1. The first-order valence-corrected chi connectivity index (χ1v) is 13.1. The van der Waals surface area contributed by atoms with Crippen LogP contribution in [0.5, 0.6) is 0 Å². The first kappa shape index (κ1) is 27.5. The summed E-state index contributed by atoms with van der Waals surface area (Å²) in [5, 5.41) is 22.1. The van der Waals surface area contributed by atoms with Gasteiger partial charge in [0, 0.05) is 6.42 Å². The fourth-order valence-electron chi connectivity index (χ4n) is 4.71. The van der Waals surface area contributed by atoms with Gasteiger partial charge >= 0.3 is 0 Å². The fraction of sp³-hybridized carbons (Fsp3) is 0.419. The van der Waals surface area contributed by atoms with E-state index in [4.69, 9.17) is 18.9 Å². The monoisotopic (exact) mass is 506 g/mol.